The van der Waals surface area contributed by atoms with E-state index in [-0.39, 0.29) is 0 Å². The molecule has 2 aromatic heterocycles. The van der Waals surface area contributed by atoms with E-state index in [1.807, 2.05) is 0 Å². The summed E-state index contributed by atoms with van der Waals surface area (Å²) in [6.45, 7) is -3.63. The molecule has 6 nitrogen and oxygen atoms in total. The van der Waals surface area contributed by atoms with E-state index in [0.717, 1.165) is 35.7 Å². The quantitative estimate of drug-likeness (QED) is 0.762. The number of aliphatic hydroxyl groups is 1. The first-order valence-corrected chi connectivity index (χ1v) is 7.08. The molecule has 2 heterocycles. The number of halogens is 3. The molecular weight excluding hydrogens is 335 g/mol. The van der Waals surface area contributed by atoms with Crippen molar-refractivity contribution >= 4 is 0 Å². The Balaban J connectivity index is 2.27. The van der Waals surface area contributed by atoms with Gasteiger partial charge in [0.2, 0.25) is 0 Å². The molecule has 1 aromatic carbocycles. The monoisotopic (exact) mass is 352 g/mol. The van der Waals surface area contributed by atoms with Gasteiger partial charge in [-0.25, -0.2) is 32.8 Å². The predicted molar refractivity (Wildman–Crippen MR) is 80.7 cm³/mol. The van der Waals surface area contributed by atoms with Gasteiger partial charge in [-0.1, -0.05) is 12.9 Å². The van der Waals surface area contributed by atoms with Gasteiger partial charge in [0.05, 0.1) is 18.4 Å². The number of aromatic nitrogens is 5. The van der Waals surface area contributed by atoms with Gasteiger partial charge in [-0.3, -0.25) is 0 Å². The Labute approximate surface area is 145 Å². The van der Waals surface area contributed by atoms with E-state index in [4.69, 9.17) is 4.11 Å². The minimum absolute atomic E-state index is 0.495. The summed E-state index contributed by atoms with van der Waals surface area (Å²) in [7, 11) is 0. The van der Waals surface area contributed by atoms with Gasteiger partial charge in [-0.2, -0.15) is 5.10 Å². The van der Waals surface area contributed by atoms with E-state index in [0.29, 0.717) is 6.07 Å². The molecule has 0 saturated heterocycles. The maximum atomic E-state index is 14.6. The lowest BCUT2D eigenvalue weighted by molar-refractivity contribution is -0.0133. The molecule has 3 aromatic rings. The van der Waals surface area contributed by atoms with Crippen LogP contribution in [0.3, 0.4) is 0 Å². The lowest BCUT2D eigenvalue weighted by atomic mass is 9.79. The van der Waals surface area contributed by atoms with Crippen LogP contribution in [-0.2, 0) is 12.1 Å². The molecule has 25 heavy (non-hydrogen) atoms. The summed E-state index contributed by atoms with van der Waals surface area (Å²) in [4.78, 5) is 10.8. The van der Waals surface area contributed by atoms with E-state index in [1.165, 1.54) is 6.33 Å². The van der Waals surface area contributed by atoms with E-state index in [2.05, 4.69) is 20.1 Å². The molecule has 0 saturated carbocycles. The molecule has 0 aliphatic heterocycles. The maximum absolute atomic E-state index is 14.6. The second kappa shape index (κ2) is 6.60. The van der Waals surface area contributed by atoms with Crippen molar-refractivity contribution in [2.75, 3.05) is 0 Å². The summed E-state index contributed by atoms with van der Waals surface area (Å²) < 4.78 is 67.0. The number of nitrogens with zero attached hydrogens (tertiary/aromatic N) is 5. The fraction of sp³-hybridized carbons (Fsp3) is 0.250. The van der Waals surface area contributed by atoms with Gasteiger partial charge in [0.1, 0.15) is 36.2 Å². The third-order valence-corrected chi connectivity index (χ3v) is 3.71. The summed E-state index contributed by atoms with van der Waals surface area (Å²) in [5.41, 5.74) is -3.77. The lowest BCUT2D eigenvalue weighted by Gasteiger charge is -2.34. The Morgan fingerprint density at radius 1 is 1.24 bits per heavy atom. The molecule has 0 bridgehead atoms. The highest BCUT2D eigenvalue weighted by Crippen LogP contribution is 2.39. The van der Waals surface area contributed by atoms with Crippen LogP contribution in [0.15, 0.2) is 43.4 Å². The second-order valence-electron chi connectivity index (χ2n) is 5.33. The molecule has 0 fully saturated rings. The summed E-state index contributed by atoms with van der Waals surface area (Å²) >= 11 is 0. The van der Waals surface area contributed by atoms with Crippen molar-refractivity contribution in [3.05, 3.63) is 72.1 Å². The Kier molecular flexibility index (Phi) is 3.56. The molecule has 0 aliphatic carbocycles. The molecule has 130 valence electrons. The minimum Gasteiger partial charge on any atom is -0.382 e. The van der Waals surface area contributed by atoms with Crippen molar-refractivity contribution < 1.29 is 22.4 Å². The van der Waals surface area contributed by atoms with Crippen LogP contribution in [0.5, 0.6) is 0 Å². The molecule has 0 aliphatic rings. The second-order valence-corrected chi connectivity index (χ2v) is 5.33. The summed E-state index contributed by atoms with van der Waals surface area (Å²) in [6, 6.07) is 2.26. The third-order valence-electron chi connectivity index (χ3n) is 3.71. The average molecular weight is 352 g/mol. The zero-order chi connectivity index (χ0) is 20.5. The largest absolute Gasteiger partial charge is 0.382 e. The van der Waals surface area contributed by atoms with Gasteiger partial charge in [0.15, 0.2) is 5.82 Å². The molecule has 0 amide bonds. The van der Waals surface area contributed by atoms with Crippen LogP contribution >= 0.6 is 0 Å². The van der Waals surface area contributed by atoms with Crippen molar-refractivity contribution in [1.29, 1.82) is 0 Å². The topological polar surface area (TPSA) is 76.7 Å². The van der Waals surface area contributed by atoms with Crippen LogP contribution < -0.4 is 0 Å². The number of hydrogen-bond acceptors (Lipinski definition) is 5. The van der Waals surface area contributed by atoms with Gasteiger partial charge in [0.25, 0.3) is 0 Å². The summed E-state index contributed by atoms with van der Waals surface area (Å²) in [5.74, 6) is -5.25. The highest BCUT2D eigenvalue weighted by Gasteiger charge is 2.41. The number of benzene rings is 1. The smallest absolute Gasteiger partial charge is 0.163 e. The average Bonchev–Trinajstić information content (AvgIpc) is 3.08. The van der Waals surface area contributed by atoms with Gasteiger partial charge in [-0.05, 0) is 6.07 Å². The van der Waals surface area contributed by atoms with Crippen LogP contribution in [0.2, 0.25) is 0 Å². The fourth-order valence-electron chi connectivity index (χ4n) is 2.49. The Hall–Kier alpha value is -2.81. The Morgan fingerprint density at radius 2 is 2.08 bits per heavy atom. The highest BCUT2D eigenvalue weighted by atomic mass is 19.1. The van der Waals surface area contributed by atoms with Crippen LogP contribution in [0.4, 0.5) is 13.2 Å². The first-order valence-electron chi connectivity index (χ1n) is 8.58. The highest BCUT2D eigenvalue weighted by molar-refractivity contribution is 5.30. The number of rotatable bonds is 5. The van der Waals surface area contributed by atoms with Crippen LogP contribution in [0.25, 0.3) is 0 Å². The number of hydrogen-bond donors (Lipinski definition) is 1. The zero-order valence-corrected chi connectivity index (χ0v) is 12.6. The van der Waals surface area contributed by atoms with E-state index in [1.54, 1.807) is 0 Å². The molecule has 0 spiro atoms. The van der Waals surface area contributed by atoms with E-state index < -0.39 is 53.6 Å². The summed E-state index contributed by atoms with van der Waals surface area (Å²) in [5, 5.41) is 15.3. The first kappa shape index (κ1) is 13.5. The van der Waals surface area contributed by atoms with Gasteiger partial charge in [-0.15, -0.1) is 0 Å². The van der Waals surface area contributed by atoms with Crippen molar-refractivity contribution in [2.45, 2.75) is 24.9 Å². The standard InChI is InChI=1S/C16H14F3N5O/c1-10(15-14(19)5-20-7-22-15)16(25,6-24-9-21-8-23-24)12-3-2-11(17)4-13(12)18/h2-5,7-10,25H,6H2,1H3/i1D3. The van der Waals surface area contributed by atoms with E-state index in [9.17, 15) is 18.3 Å². The molecular formula is C16H14F3N5O. The van der Waals surface area contributed by atoms with Gasteiger partial charge >= 0.3 is 0 Å². The molecule has 2 unspecified atom stereocenters. The molecule has 1 N–H and O–H groups in total. The van der Waals surface area contributed by atoms with Crippen LogP contribution in [-0.4, -0.2) is 29.8 Å². The molecule has 9 heteroatoms. The summed E-state index contributed by atoms with van der Waals surface area (Å²) in [6.07, 6.45) is 3.93. The molecule has 3 rings (SSSR count). The Bertz CT molecular complexity index is 970. The lowest BCUT2D eigenvalue weighted by Crippen LogP contribution is -2.39. The molecule has 0 radical (unpaired) electrons. The van der Waals surface area contributed by atoms with E-state index >= 15 is 0 Å². The van der Waals surface area contributed by atoms with Crippen LogP contribution in [0, 0.1) is 17.5 Å². The SMILES string of the molecule is [2H]C([2H])([2H])C(c1ncncc1F)C(O)(Cn1cncn1)c1ccc(F)cc1F. The van der Waals surface area contributed by atoms with Gasteiger partial charge < -0.3 is 5.11 Å². The van der Waals surface area contributed by atoms with Crippen molar-refractivity contribution in [3.8, 4) is 0 Å². The first-order chi connectivity index (χ1) is 13.1. The predicted octanol–water partition coefficient (Wildman–Crippen LogP) is 2.18. The maximum Gasteiger partial charge on any atom is 0.163 e. The van der Waals surface area contributed by atoms with Gasteiger partial charge in [0, 0.05) is 21.7 Å². The fourth-order valence-corrected chi connectivity index (χ4v) is 2.49. The van der Waals surface area contributed by atoms with Crippen molar-refractivity contribution in [2.24, 2.45) is 0 Å². The van der Waals surface area contributed by atoms with Crippen molar-refractivity contribution in [3.63, 3.8) is 0 Å². The van der Waals surface area contributed by atoms with Crippen LogP contribution in [0.1, 0.15) is 28.1 Å². The zero-order valence-electron chi connectivity index (χ0n) is 15.6. The molecule has 2 atom stereocenters. The third kappa shape index (κ3) is 3.22. The minimum atomic E-state index is -3.02. The Morgan fingerprint density at radius 3 is 2.72 bits per heavy atom. The normalized spacial score (nSPS) is 17.2. The van der Waals surface area contributed by atoms with Crippen molar-refractivity contribution in [1.82, 2.24) is 24.7 Å².